The van der Waals surface area contributed by atoms with Gasteiger partial charge in [-0.1, -0.05) is 19.9 Å². The summed E-state index contributed by atoms with van der Waals surface area (Å²) in [6, 6.07) is 5.90. The zero-order valence-electron chi connectivity index (χ0n) is 10.3. The summed E-state index contributed by atoms with van der Waals surface area (Å²) >= 11 is 4.35. The molecule has 0 bridgehead atoms. The molecule has 0 spiro atoms. The van der Waals surface area contributed by atoms with E-state index in [1.807, 2.05) is 18.2 Å². The van der Waals surface area contributed by atoms with Crippen LogP contribution in [0, 0.1) is 0 Å². The molecule has 1 aliphatic rings. The average molecular weight is 251 g/mol. The van der Waals surface area contributed by atoms with E-state index in [1.165, 1.54) is 0 Å². The minimum absolute atomic E-state index is 0.0219. The number of carbonyl (C=O) groups excluding carboxylic acids is 1. The van der Waals surface area contributed by atoms with Gasteiger partial charge in [-0.05, 0) is 35.8 Å². The van der Waals surface area contributed by atoms with Gasteiger partial charge in [0, 0.05) is 0 Å². The number of hydrogen-bond donors (Lipinski definition) is 2. The number of benzene rings is 1. The number of amides is 1. The number of hydrogen-bond acceptors (Lipinski definition) is 3. The largest absolute Gasteiger partial charge is 0.479 e. The fraction of sp³-hybridized carbons (Fsp3) is 0.462. The lowest BCUT2D eigenvalue weighted by molar-refractivity contribution is -0.122. The van der Waals surface area contributed by atoms with Crippen molar-refractivity contribution in [2.75, 3.05) is 11.1 Å². The normalized spacial score (nSPS) is 19.3. The van der Waals surface area contributed by atoms with E-state index in [4.69, 9.17) is 4.74 Å². The Morgan fingerprint density at radius 3 is 2.82 bits per heavy atom. The molecule has 0 saturated heterocycles. The van der Waals surface area contributed by atoms with E-state index in [0.29, 0.717) is 0 Å². The Morgan fingerprint density at radius 1 is 1.47 bits per heavy atom. The first-order valence-electron chi connectivity index (χ1n) is 5.67. The maximum Gasteiger partial charge on any atom is 0.265 e. The summed E-state index contributed by atoms with van der Waals surface area (Å²) in [6.45, 7) is 5.98. The molecule has 0 saturated carbocycles. The second-order valence-corrected chi connectivity index (χ2v) is 5.32. The number of fused-ring (bicyclic) bond motifs is 1. The van der Waals surface area contributed by atoms with E-state index >= 15 is 0 Å². The lowest BCUT2D eigenvalue weighted by atomic mass is 9.86. The van der Waals surface area contributed by atoms with E-state index in [9.17, 15) is 4.79 Å². The molecule has 2 rings (SSSR count). The molecule has 1 aliphatic heterocycles. The topological polar surface area (TPSA) is 38.3 Å². The molecule has 0 fully saturated rings. The molecular formula is C13H17NO2S. The Balaban J connectivity index is 2.38. The van der Waals surface area contributed by atoms with Gasteiger partial charge in [0.25, 0.3) is 5.91 Å². The van der Waals surface area contributed by atoms with Gasteiger partial charge < -0.3 is 10.1 Å². The second-order valence-electron chi connectivity index (χ2n) is 5.00. The third-order valence-electron chi connectivity index (χ3n) is 3.09. The Hall–Kier alpha value is -1.16. The number of rotatable bonds is 2. The predicted molar refractivity (Wildman–Crippen MR) is 72.0 cm³/mol. The third-order valence-corrected chi connectivity index (χ3v) is 3.88. The van der Waals surface area contributed by atoms with Crippen molar-refractivity contribution in [3.05, 3.63) is 23.8 Å². The van der Waals surface area contributed by atoms with Crippen LogP contribution in [-0.4, -0.2) is 17.8 Å². The number of ether oxygens (including phenoxy) is 1. The summed E-state index contributed by atoms with van der Waals surface area (Å²) in [4.78, 5) is 11.5. The predicted octanol–water partition coefficient (Wildman–Crippen LogP) is 2.61. The Bertz CT molecular complexity index is 457. The quantitative estimate of drug-likeness (QED) is 0.793. The van der Waals surface area contributed by atoms with Crippen LogP contribution in [0.5, 0.6) is 5.75 Å². The maximum atomic E-state index is 11.5. The Kier molecular flexibility index (Phi) is 3.08. The van der Waals surface area contributed by atoms with Crippen LogP contribution in [-0.2, 0) is 10.2 Å². The molecule has 1 atom stereocenters. The van der Waals surface area contributed by atoms with Gasteiger partial charge in [0.1, 0.15) is 5.75 Å². The molecule has 3 nitrogen and oxygen atoms in total. The molecule has 1 aromatic rings. The summed E-state index contributed by atoms with van der Waals surface area (Å²) in [6.07, 6.45) is -0.425. The number of anilines is 1. The van der Waals surface area contributed by atoms with Crippen LogP contribution in [0.2, 0.25) is 0 Å². The van der Waals surface area contributed by atoms with Crippen molar-refractivity contribution in [1.29, 1.82) is 0 Å². The fourth-order valence-electron chi connectivity index (χ4n) is 1.72. The van der Waals surface area contributed by atoms with Gasteiger partial charge in [-0.2, -0.15) is 12.6 Å². The van der Waals surface area contributed by atoms with Crippen LogP contribution in [0.3, 0.4) is 0 Å². The van der Waals surface area contributed by atoms with Gasteiger partial charge in [-0.3, -0.25) is 4.79 Å². The Morgan fingerprint density at radius 2 is 2.18 bits per heavy atom. The van der Waals surface area contributed by atoms with Gasteiger partial charge >= 0.3 is 0 Å². The lowest BCUT2D eigenvalue weighted by Crippen LogP contribution is -2.34. The van der Waals surface area contributed by atoms with Gasteiger partial charge in [0.15, 0.2) is 6.10 Å². The van der Waals surface area contributed by atoms with E-state index in [0.717, 1.165) is 22.8 Å². The summed E-state index contributed by atoms with van der Waals surface area (Å²) in [5, 5.41) is 2.86. The SMILES string of the molecule is CC1Oc2ccc(C(C)(C)CS)cc2NC1=O. The second kappa shape index (κ2) is 4.26. The van der Waals surface area contributed by atoms with Gasteiger partial charge in [0.05, 0.1) is 5.69 Å². The van der Waals surface area contributed by atoms with Gasteiger partial charge in [-0.15, -0.1) is 0 Å². The van der Waals surface area contributed by atoms with Crippen molar-refractivity contribution in [2.24, 2.45) is 0 Å². The maximum absolute atomic E-state index is 11.5. The van der Waals surface area contributed by atoms with Crippen LogP contribution < -0.4 is 10.1 Å². The van der Waals surface area contributed by atoms with Crippen LogP contribution in [0.4, 0.5) is 5.69 Å². The monoisotopic (exact) mass is 251 g/mol. The van der Waals surface area contributed by atoms with Crippen LogP contribution in [0.15, 0.2) is 18.2 Å². The first-order valence-corrected chi connectivity index (χ1v) is 6.30. The van der Waals surface area contributed by atoms with Crippen LogP contribution >= 0.6 is 12.6 Å². The molecule has 1 aromatic carbocycles. The molecule has 0 aliphatic carbocycles. The van der Waals surface area contributed by atoms with Crippen molar-refractivity contribution in [1.82, 2.24) is 0 Å². The highest BCUT2D eigenvalue weighted by Gasteiger charge is 2.26. The van der Waals surface area contributed by atoms with Gasteiger partial charge in [0.2, 0.25) is 0 Å². The highest BCUT2D eigenvalue weighted by Crippen LogP contribution is 2.34. The molecule has 1 N–H and O–H groups in total. The summed E-state index contributed by atoms with van der Waals surface area (Å²) in [5.41, 5.74) is 1.87. The molecule has 0 aromatic heterocycles. The van der Waals surface area contributed by atoms with Crippen molar-refractivity contribution < 1.29 is 9.53 Å². The van der Waals surface area contributed by atoms with Gasteiger partial charge in [-0.25, -0.2) is 0 Å². The standard InChI is InChI=1S/C13H17NO2S/c1-8-12(15)14-10-6-9(13(2,3)7-17)4-5-11(10)16-8/h4-6,8,17H,7H2,1-3H3,(H,14,15). The molecule has 0 radical (unpaired) electrons. The fourth-order valence-corrected chi connectivity index (χ4v) is 1.90. The Labute approximate surface area is 107 Å². The highest BCUT2D eigenvalue weighted by atomic mass is 32.1. The van der Waals surface area contributed by atoms with Crippen LogP contribution in [0.25, 0.3) is 0 Å². The summed E-state index contributed by atoms with van der Waals surface area (Å²) in [5.74, 6) is 1.38. The first-order chi connectivity index (χ1) is 7.94. The van der Waals surface area contributed by atoms with Crippen molar-refractivity contribution in [2.45, 2.75) is 32.3 Å². The molecule has 4 heteroatoms. The lowest BCUT2D eigenvalue weighted by Gasteiger charge is -2.27. The number of thiol groups is 1. The van der Waals surface area contributed by atoms with E-state index in [1.54, 1.807) is 6.92 Å². The van der Waals surface area contributed by atoms with Crippen molar-refractivity contribution >= 4 is 24.2 Å². The first kappa shape index (κ1) is 12.3. The van der Waals surface area contributed by atoms with Crippen LogP contribution in [0.1, 0.15) is 26.3 Å². The number of carbonyl (C=O) groups is 1. The minimum atomic E-state index is -0.425. The smallest absolute Gasteiger partial charge is 0.265 e. The summed E-state index contributed by atoms with van der Waals surface area (Å²) < 4.78 is 5.51. The average Bonchev–Trinajstić information content (AvgIpc) is 2.30. The molecular weight excluding hydrogens is 234 g/mol. The zero-order valence-corrected chi connectivity index (χ0v) is 11.2. The van der Waals surface area contributed by atoms with E-state index in [-0.39, 0.29) is 11.3 Å². The zero-order chi connectivity index (χ0) is 12.6. The molecule has 1 amide bonds. The summed E-state index contributed by atoms with van der Waals surface area (Å²) in [7, 11) is 0. The minimum Gasteiger partial charge on any atom is -0.479 e. The molecule has 17 heavy (non-hydrogen) atoms. The third kappa shape index (κ3) is 2.27. The van der Waals surface area contributed by atoms with Crippen molar-refractivity contribution in [3.8, 4) is 5.75 Å². The highest BCUT2D eigenvalue weighted by molar-refractivity contribution is 7.80. The van der Waals surface area contributed by atoms with E-state index in [2.05, 4.69) is 31.8 Å². The molecule has 1 heterocycles. The number of nitrogens with one attached hydrogen (secondary N) is 1. The molecule has 92 valence electrons. The van der Waals surface area contributed by atoms with E-state index < -0.39 is 6.10 Å². The molecule has 1 unspecified atom stereocenters. The van der Waals surface area contributed by atoms with Crippen molar-refractivity contribution in [3.63, 3.8) is 0 Å².